The maximum atomic E-state index is 13.5. The zero-order chi connectivity index (χ0) is 26.1. The Morgan fingerprint density at radius 1 is 0.947 bits per heavy atom. The number of carbonyl (C=O) groups excluding carboxylic acids is 2. The molecule has 2 aliphatic heterocycles. The van der Waals surface area contributed by atoms with E-state index in [4.69, 9.17) is 4.74 Å². The van der Waals surface area contributed by atoms with E-state index in [9.17, 15) is 14.4 Å². The first-order valence-electron chi connectivity index (χ1n) is 13.3. The molecule has 2 saturated heterocycles. The Balaban J connectivity index is 1.05. The summed E-state index contributed by atoms with van der Waals surface area (Å²) < 4.78 is 7.34. The summed E-state index contributed by atoms with van der Waals surface area (Å²) in [5, 5.41) is 4.94. The molecule has 0 bridgehead atoms. The van der Waals surface area contributed by atoms with Gasteiger partial charge in [0.25, 0.3) is 11.5 Å². The molecule has 38 heavy (non-hydrogen) atoms. The van der Waals surface area contributed by atoms with E-state index in [2.05, 4.69) is 10.1 Å². The van der Waals surface area contributed by atoms with Gasteiger partial charge in [0, 0.05) is 32.6 Å². The second-order valence-corrected chi connectivity index (χ2v) is 10.4. The minimum absolute atomic E-state index is 0.0337. The van der Waals surface area contributed by atoms with Crippen LogP contribution in [-0.4, -0.2) is 69.0 Å². The van der Waals surface area contributed by atoms with Gasteiger partial charge in [0.1, 0.15) is 17.0 Å². The lowest BCUT2D eigenvalue weighted by molar-refractivity contribution is -0.133. The fourth-order valence-corrected chi connectivity index (χ4v) is 5.84. The minimum atomic E-state index is -0.232. The maximum Gasteiger partial charge on any atom is 0.259 e. The Kier molecular flexibility index (Phi) is 6.35. The number of carbonyl (C=O) groups is 2. The fourth-order valence-electron chi connectivity index (χ4n) is 5.84. The molecule has 2 aliphatic rings. The van der Waals surface area contributed by atoms with E-state index in [-0.39, 0.29) is 22.8 Å². The van der Waals surface area contributed by atoms with Crippen molar-refractivity contribution >= 4 is 28.4 Å². The third-order valence-electron chi connectivity index (χ3n) is 8.06. The van der Waals surface area contributed by atoms with Crippen LogP contribution < -0.4 is 10.3 Å². The molecule has 2 fully saturated rings. The summed E-state index contributed by atoms with van der Waals surface area (Å²) in [5.41, 5.74) is 1.31. The summed E-state index contributed by atoms with van der Waals surface area (Å²) in [7, 11) is 0. The van der Waals surface area contributed by atoms with Crippen LogP contribution in [0.4, 0.5) is 0 Å². The van der Waals surface area contributed by atoms with Crippen LogP contribution in [0.2, 0.25) is 0 Å². The highest BCUT2D eigenvalue weighted by Crippen LogP contribution is 2.41. The number of aromatic amines is 1. The maximum absolute atomic E-state index is 13.5. The van der Waals surface area contributed by atoms with Crippen LogP contribution in [0.25, 0.3) is 16.6 Å². The number of hydrogen-bond donors (Lipinski definition) is 1. The summed E-state index contributed by atoms with van der Waals surface area (Å²) in [6.07, 6.45) is 5.41. The number of hydrogen-bond acceptors (Lipinski definition) is 5. The average molecular weight is 514 g/mol. The predicted molar refractivity (Wildman–Crippen MR) is 143 cm³/mol. The van der Waals surface area contributed by atoms with Gasteiger partial charge in [-0.2, -0.15) is 5.10 Å². The van der Waals surface area contributed by atoms with E-state index >= 15 is 0 Å². The number of benzene rings is 2. The number of nitrogens with one attached hydrogen (secondary N) is 1. The molecule has 2 aromatic carbocycles. The van der Waals surface area contributed by atoms with Crippen molar-refractivity contribution in [3.8, 4) is 5.75 Å². The van der Waals surface area contributed by atoms with Gasteiger partial charge in [-0.05, 0) is 55.4 Å². The van der Waals surface area contributed by atoms with Gasteiger partial charge in [-0.3, -0.25) is 14.4 Å². The molecule has 4 heterocycles. The average Bonchev–Trinajstić information content (AvgIpc) is 3.57. The van der Waals surface area contributed by atoms with E-state index < -0.39 is 0 Å². The topological polar surface area (TPSA) is 100 Å². The highest BCUT2D eigenvalue weighted by molar-refractivity contribution is 6.00. The molecular formula is C29H31N5O4. The monoisotopic (exact) mass is 513 g/mol. The second kappa shape index (κ2) is 9.96. The van der Waals surface area contributed by atoms with Crippen LogP contribution in [0, 0.1) is 5.41 Å². The molecule has 6 rings (SSSR count). The molecule has 196 valence electrons. The Labute approximate surface area is 220 Å². The number of piperidine rings is 1. The Morgan fingerprint density at radius 2 is 1.66 bits per heavy atom. The lowest BCUT2D eigenvalue weighted by Gasteiger charge is -2.39. The molecule has 1 N–H and O–H groups in total. The van der Waals surface area contributed by atoms with Crippen molar-refractivity contribution in [1.29, 1.82) is 0 Å². The largest absolute Gasteiger partial charge is 0.494 e. The van der Waals surface area contributed by atoms with Crippen molar-refractivity contribution in [2.75, 3.05) is 32.8 Å². The Hall–Kier alpha value is -4.14. The molecule has 0 aliphatic carbocycles. The predicted octanol–water partition coefficient (Wildman–Crippen LogP) is 3.49. The highest BCUT2D eigenvalue weighted by atomic mass is 16.5. The first kappa shape index (κ1) is 24.2. The minimum Gasteiger partial charge on any atom is -0.494 e. The molecule has 0 unspecified atom stereocenters. The van der Waals surface area contributed by atoms with Crippen molar-refractivity contribution in [2.24, 2.45) is 5.41 Å². The number of aromatic nitrogens is 3. The molecule has 0 saturated carbocycles. The zero-order valence-corrected chi connectivity index (χ0v) is 21.3. The van der Waals surface area contributed by atoms with Gasteiger partial charge >= 0.3 is 0 Å². The molecule has 2 amide bonds. The first-order valence-corrected chi connectivity index (χ1v) is 13.3. The van der Waals surface area contributed by atoms with E-state index in [0.29, 0.717) is 54.7 Å². The normalized spacial score (nSPS) is 16.9. The van der Waals surface area contributed by atoms with E-state index in [0.717, 1.165) is 38.1 Å². The molecule has 2 aromatic heterocycles. The SMILES string of the molecule is O=C(CCCOc1ccccc1)N1CCC2(CC1)CCN(C(=O)c1cnn3c1[nH]c(=O)c1ccccc13)C2. The smallest absolute Gasteiger partial charge is 0.259 e. The summed E-state index contributed by atoms with van der Waals surface area (Å²) >= 11 is 0. The molecule has 1 spiro atoms. The number of ether oxygens (including phenoxy) is 1. The van der Waals surface area contributed by atoms with Crippen LogP contribution in [0.1, 0.15) is 42.5 Å². The van der Waals surface area contributed by atoms with Gasteiger partial charge in [-0.25, -0.2) is 4.52 Å². The number of likely N-dealkylation sites (tertiary alicyclic amines) is 2. The quantitative estimate of drug-likeness (QED) is 0.398. The third kappa shape index (κ3) is 4.53. The number of fused-ring (bicyclic) bond motifs is 3. The highest BCUT2D eigenvalue weighted by Gasteiger charge is 2.43. The van der Waals surface area contributed by atoms with Crippen molar-refractivity contribution in [3.63, 3.8) is 0 Å². The molecular weight excluding hydrogens is 482 g/mol. The standard InChI is InChI=1S/C29H31N5O4/c35-25(11-6-18-38-21-7-2-1-3-8-21)32-15-12-29(13-16-32)14-17-33(20-29)28(37)23-19-30-34-24-10-5-4-9-22(24)27(36)31-26(23)34/h1-5,7-10,19H,6,11-18,20H2,(H,31,36). The number of nitrogens with zero attached hydrogens (tertiary/aromatic N) is 4. The van der Waals surface area contributed by atoms with Crippen molar-refractivity contribution in [1.82, 2.24) is 24.4 Å². The summed E-state index contributed by atoms with van der Waals surface area (Å²) in [4.78, 5) is 45.5. The van der Waals surface area contributed by atoms with Crippen molar-refractivity contribution in [3.05, 3.63) is 76.7 Å². The van der Waals surface area contributed by atoms with E-state index in [1.165, 1.54) is 0 Å². The van der Waals surface area contributed by atoms with Crippen LogP contribution >= 0.6 is 0 Å². The lowest BCUT2D eigenvalue weighted by atomic mass is 9.77. The first-order chi connectivity index (χ1) is 18.5. The molecule has 9 nitrogen and oxygen atoms in total. The molecule has 0 radical (unpaired) electrons. The second-order valence-electron chi connectivity index (χ2n) is 10.4. The Bertz CT molecular complexity index is 1540. The molecule has 4 aromatic rings. The van der Waals surface area contributed by atoms with E-state index in [1.807, 2.05) is 58.3 Å². The summed E-state index contributed by atoms with van der Waals surface area (Å²) in [5.74, 6) is 0.883. The molecule has 9 heteroatoms. The summed E-state index contributed by atoms with van der Waals surface area (Å²) in [6.45, 7) is 3.29. The van der Waals surface area contributed by atoms with Crippen molar-refractivity contribution < 1.29 is 14.3 Å². The molecule has 0 atom stereocenters. The van der Waals surface area contributed by atoms with Gasteiger partial charge in [-0.15, -0.1) is 0 Å². The van der Waals surface area contributed by atoms with Gasteiger partial charge in [0.15, 0.2) is 0 Å². The van der Waals surface area contributed by atoms with Gasteiger partial charge in [0.2, 0.25) is 5.91 Å². The number of H-pyrrole nitrogens is 1. The van der Waals surface area contributed by atoms with Crippen LogP contribution in [0.15, 0.2) is 65.6 Å². The zero-order valence-electron chi connectivity index (χ0n) is 21.3. The number of rotatable bonds is 6. The lowest BCUT2D eigenvalue weighted by Crippen LogP contribution is -2.44. The third-order valence-corrected chi connectivity index (χ3v) is 8.06. The summed E-state index contributed by atoms with van der Waals surface area (Å²) in [6, 6.07) is 16.9. The number of para-hydroxylation sites is 2. The van der Waals surface area contributed by atoms with Crippen LogP contribution in [-0.2, 0) is 4.79 Å². The van der Waals surface area contributed by atoms with Gasteiger partial charge in [-0.1, -0.05) is 30.3 Å². The Morgan fingerprint density at radius 3 is 2.45 bits per heavy atom. The van der Waals surface area contributed by atoms with Crippen LogP contribution in [0.5, 0.6) is 5.75 Å². The van der Waals surface area contributed by atoms with E-state index in [1.54, 1.807) is 16.8 Å². The van der Waals surface area contributed by atoms with Crippen molar-refractivity contribution in [2.45, 2.75) is 32.1 Å². The van der Waals surface area contributed by atoms with Crippen LogP contribution in [0.3, 0.4) is 0 Å². The van der Waals surface area contributed by atoms with Gasteiger partial charge in [0.05, 0.1) is 23.7 Å². The fraction of sp³-hybridized carbons (Fsp3) is 0.379. The van der Waals surface area contributed by atoms with Gasteiger partial charge < -0.3 is 19.5 Å². The number of amides is 2.